The third-order valence-corrected chi connectivity index (χ3v) is 6.77. The average molecular weight is 484 g/mol. The lowest BCUT2D eigenvalue weighted by Gasteiger charge is -2.30. The van der Waals surface area contributed by atoms with E-state index < -0.39 is 21.7 Å². The Labute approximate surface area is 194 Å². The van der Waals surface area contributed by atoms with E-state index in [0.717, 1.165) is 38.1 Å². The zero-order chi connectivity index (χ0) is 23.9. The molecule has 0 radical (unpaired) electrons. The summed E-state index contributed by atoms with van der Waals surface area (Å²) in [5.74, 6) is -1.43. The van der Waals surface area contributed by atoms with E-state index >= 15 is 0 Å². The number of carbonyl (C=O) groups is 2. The molecule has 2 aromatic heterocycles. The summed E-state index contributed by atoms with van der Waals surface area (Å²) in [6.45, 7) is 3.37. The fraction of sp³-hybridized carbons (Fsp3) is 0.286. The number of amides is 2. The van der Waals surface area contributed by atoms with Gasteiger partial charge in [0.15, 0.2) is 9.84 Å². The summed E-state index contributed by atoms with van der Waals surface area (Å²) in [6.07, 6.45) is 4.28. The summed E-state index contributed by atoms with van der Waals surface area (Å²) in [6, 6.07) is 6.03. The van der Waals surface area contributed by atoms with E-state index in [0.29, 0.717) is 11.3 Å². The Morgan fingerprint density at radius 2 is 1.97 bits per heavy atom. The lowest BCUT2D eigenvalue weighted by Crippen LogP contribution is -2.43. The van der Waals surface area contributed by atoms with Gasteiger partial charge in [-0.15, -0.1) is 5.10 Å². The quantitative estimate of drug-likeness (QED) is 0.530. The summed E-state index contributed by atoms with van der Waals surface area (Å²) >= 11 is 0. The van der Waals surface area contributed by atoms with Crippen LogP contribution in [-0.4, -0.2) is 67.8 Å². The number of rotatable bonds is 5. The van der Waals surface area contributed by atoms with Crippen LogP contribution in [-0.2, 0) is 16.4 Å². The minimum Gasteiger partial charge on any atom is -0.398 e. The highest BCUT2D eigenvalue weighted by Crippen LogP contribution is 2.30. The molecule has 0 aliphatic carbocycles. The first-order valence-electron chi connectivity index (χ1n) is 10.5. The molecule has 0 atom stereocenters. The average Bonchev–Trinajstić information content (AvgIpc) is 3.44. The van der Waals surface area contributed by atoms with E-state index in [1.807, 2.05) is 6.07 Å². The molecule has 2 amide bonds. The molecule has 0 unspecified atom stereocenters. The number of hydrogen-bond acceptors (Lipinski definition) is 10. The minimum absolute atomic E-state index is 0.0452. The van der Waals surface area contributed by atoms with Gasteiger partial charge in [0.1, 0.15) is 0 Å². The molecule has 3 aromatic rings. The van der Waals surface area contributed by atoms with Gasteiger partial charge in [-0.1, -0.05) is 11.2 Å². The number of nitrogens with zero attached hydrogens (tertiary/aromatic N) is 5. The summed E-state index contributed by atoms with van der Waals surface area (Å²) < 4.78 is 29.1. The molecule has 13 heteroatoms. The standard InChI is InChI=1S/C21H21N7O5S/c1-34(31,32)14-3-2-13-12-28(20(30)15(13)10-14)21-26-25-19(33-21)18(29)24-16-11-23-5-4-17(16)27-8-6-22-7-9-27/h2-5,10-11,22H,6-9,12H2,1H3,(H,24,29). The molecule has 2 aliphatic heterocycles. The first-order chi connectivity index (χ1) is 16.3. The van der Waals surface area contributed by atoms with Gasteiger partial charge in [0.25, 0.3) is 5.91 Å². The number of aromatic nitrogens is 3. The highest BCUT2D eigenvalue weighted by Gasteiger charge is 2.33. The van der Waals surface area contributed by atoms with Crippen molar-refractivity contribution in [1.29, 1.82) is 0 Å². The van der Waals surface area contributed by atoms with Crippen LogP contribution in [0.1, 0.15) is 26.6 Å². The maximum atomic E-state index is 12.9. The molecular formula is C21H21N7O5S. The van der Waals surface area contributed by atoms with Crippen molar-refractivity contribution in [2.24, 2.45) is 0 Å². The van der Waals surface area contributed by atoms with Crippen LogP contribution in [0.15, 0.2) is 46.0 Å². The number of fused-ring (bicyclic) bond motifs is 1. The third kappa shape index (κ3) is 4.10. The number of pyridine rings is 1. The van der Waals surface area contributed by atoms with Gasteiger partial charge in [0.2, 0.25) is 0 Å². The molecule has 34 heavy (non-hydrogen) atoms. The Morgan fingerprint density at radius 3 is 2.74 bits per heavy atom. The van der Waals surface area contributed by atoms with E-state index in [-0.39, 0.29) is 28.9 Å². The fourth-order valence-corrected chi connectivity index (χ4v) is 4.57. The molecule has 0 bridgehead atoms. The second-order valence-electron chi connectivity index (χ2n) is 7.96. The Balaban J connectivity index is 1.34. The van der Waals surface area contributed by atoms with Gasteiger partial charge in [-0.25, -0.2) is 8.42 Å². The van der Waals surface area contributed by atoms with Crippen LogP contribution in [0.4, 0.5) is 17.4 Å². The van der Waals surface area contributed by atoms with Crippen LogP contribution in [0.2, 0.25) is 0 Å². The zero-order valence-corrected chi connectivity index (χ0v) is 19.0. The molecule has 176 valence electrons. The van der Waals surface area contributed by atoms with Crippen molar-refractivity contribution in [1.82, 2.24) is 20.5 Å². The van der Waals surface area contributed by atoms with Crippen molar-refractivity contribution in [3.05, 3.63) is 53.7 Å². The molecule has 1 fully saturated rings. The lowest BCUT2D eigenvalue weighted by atomic mass is 10.1. The Kier molecular flexibility index (Phi) is 5.49. The molecule has 1 aromatic carbocycles. The van der Waals surface area contributed by atoms with Crippen LogP contribution in [0.5, 0.6) is 0 Å². The fourth-order valence-electron chi connectivity index (χ4n) is 3.92. The van der Waals surface area contributed by atoms with E-state index in [2.05, 4.69) is 30.7 Å². The monoisotopic (exact) mass is 483 g/mol. The normalized spacial score (nSPS) is 16.0. The number of anilines is 3. The first-order valence-corrected chi connectivity index (χ1v) is 12.4. The molecule has 2 N–H and O–H groups in total. The molecule has 2 aliphatic rings. The molecule has 4 heterocycles. The molecule has 0 spiro atoms. The minimum atomic E-state index is -3.47. The molecule has 12 nitrogen and oxygen atoms in total. The van der Waals surface area contributed by atoms with Crippen LogP contribution >= 0.6 is 0 Å². The van der Waals surface area contributed by atoms with E-state index in [1.165, 1.54) is 17.0 Å². The van der Waals surface area contributed by atoms with E-state index in [1.54, 1.807) is 18.5 Å². The number of hydrogen-bond donors (Lipinski definition) is 2. The van der Waals surface area contributed by atoms with E-state index in [4.69, 9.17) is 4.42 Å². The van der Waals surface area contributed by atoms with Gasteiger partial charge >= 0.3 is 17.8 Å². The first kappa shape index (κ1) is 22.0. The Bertz CT molecular complexity index is 1380. The van der Waals surface area contributed by atoms with Gasteiger partial charge in [-0.2, -0.15) is 0 Å². The smallest absolute Gasteiger partial charge is 0.326 e. The Morgan fingerprint density at radius 1 is 1.18 bits per heavy atom. The SMILES string of the molecule is CS(=O)(=O)c1ccc2c(c1)C(=O)N(c1nnc(C(=O)Nc3cnccc3N3CCNCC3)o1)C2. The number of carbonyl (C=O) groups excluding carboxylic acids is 2. The molecule has 0 saturated carbocycles. The second-order valence-corrected chi connectivity index (χ2v) is 9.97. The summed E-state index contributed by atoms with van der Waals surface area (Å²) in [7, 11) is -3.47. The van der Waals surface area contributed by atoms with Crippen LogP contribution in [0.3, 0.4) is 0 Å². The molecule has 5 rings (SSSR count). The highest BCUT2D eigenvalue weighted by molar-refractivity contribution is 7.90. The lowest BCUT2D eigenvalue weighted by molar-refractivity contribution is 0.0971. The molecule has 1 saturated heterocycles. The third-order valence-electron chi connectivity index (χ3n) is 5.66. The van der Waals surface area contributed by atoms with E-state index in [9.17, 15) is 18.0 Å². The van der Waals surface area contributed by atoms with Crippen molar-refractivity contribution in [2.75, 3.05) is 47.6 Å². The predicted octanol–water partition coefficient (Wildman–Crippen LogP) is 0.690. The largest absolute Gasteiger partial charge is 0.398 e. The number of nitrogens with one attached hydrogen (secondary N) is 2. The van der Waals surface area contributed by atoms with Crippen LogP contribution in [0.25, 0.3) is 0 Å². The highest BCUT2D eigenvalue weighted by atomic mass is 32.2. The van der Waals surface area contributed by atoms with Crippen LogP contribution < -0.4 is 20.4 Å². The Hall–Kier alpha value is -3.84. The van der Waals surface area contributed by atoms with Crippen molar-refractivity contribution in [2.45, 2.75) is 11.4 Å². The predicted molar refractivity (Wildman–Crippen MR) is 122 cm³/mol. The summed E-state index contributed by atoms with van der Waals surface area (Å²) in [4.78, 5) is 33.1. The van der Waals surface area contributed by atoms with Gasteiger partial charge in [0.05, 0.1) is 29.0 Å². The maximum absolute atomic E-state index is 12.9. The van der Waals surface area contributed by atoms with Crippen LogP contribution in [0, 0.1) is 0 Å². The molecular weight excluding hydrogens is 462 g/mol. The second kappa shape index (κ2) is 8.50. The van der Waals surface area contributed by atoms with Crippen molar-refractivity contribution in [3.8, 4) is 0 Å². The van der Waals surface area contributed by atoms with Crippen molar-refractivity contribution in [3.63, 3.8) is 0 Å². The zero-order valence-electron chi connectivity index (χ0n) is 18.2. The number of benzene rings is 1. The topological polar surface area (TPSA) is 151 Å². The van der Waals surface area contributed by atoms with Gasteiger partial charge < -0.3 is 20.0 Å². The number of sulfone groups is 1. The van der Waals surface area contributed by atoms with Gasteiger partial charge in [0, 0.05) is 44.2 Å². The van der Waals surface area contributed by atoms with Crippen molar-refractivity contribution < 1.29 is 22.4 Å². The maximum Gasteiger partial charge on any atom is 0.326 e. The summed E-state index contributed by atoms with van der Waals surface area (Å²) in [5.41, 5.74) is 2.20. The summed E-state index contributed by atoms with van der Waals surface area (Å²) in [5, 5.41) is 13.7. The van der Waals surface area contributed by atoms with Gasteiger partial charge in [-0.3, -0.25) is 19.5 Å². The number of piperazine rings is 1. The van der Waals surface area contributed by atoms with Crippen molar-refractivity contribution >= 4 is 39.0 Å². The van der Waals surface area contributed by atoms with Gasteiger partial charge in [-0.05, 0) is 23.8 Å².